The highest BCUT2D eigenvalue weighted by Crippen LogP contribution is 2.17. The van der Waals surface area contributed by atoms with Crippen molar-refractivity contribution in [2.45, 2.75) is 64.7 Å². The van der Waals surface area contributed by atoms with E-state index in [1.807, 2.05) is 48.5 Å². The summed E-state index contributed by atoms with van der Waals surface area (Å²) in [6.45, 7) is 3.19. The van der Waals surface area contributed by atoms with E-state index in [0.717, 1.165) is 49.8 Å². The minimum Gasteiger partial charge on any atom is -0.494 e. The maximum Gasteiger partial charge on any atom is 0.338 e. The molecule has 0 unspecified atom stereocenters. The molecule has 4 N–H and O–H groups in total. The topological polar surface area (TPSA) is 114 Å². The van der Waals surface area contributed by atoms with Crippen LogP contribution in [0.2, 0.25) is 0 Å². The van der Waals surface area contributed by atoms with Crippen molar-refractivity contribution in [1.82, 2.24) is 0 Å². The minimum absolute atomic E-state index is 0.370. The summed E-state index contributed by atoms with van der Waals surface area (Å²) < 4.78 is 16.5. The molecule has 0 aliphatic rings. The second-order valence-electron chi connectivity index (χ2n) is 10.1. The number of rotatable bonds is 17. The highest BCUT2D eigenvalue weighted by Gasteiger charge is 2.08. The Bertz CT molecular complexity index is 1230. The van der Waals surface area contributed by atoms with Crippen LogP contribution in [-0.2, 0) is 16.0 Å². The van der Waals surface area contributed by atoms with Crippen LogP contribution in [0.25, 0.3) is 6.08 Å². The van der Waals surface area contributed by atoms with Crippen molar-refractivity contribution < 1.29 is 23.8 Å². The van der Waals surface area contributed by atoms with Crippen molar-refractivity contribution in [3.63, 3.8) is 0 Å². The molecule has 3 aromatic rings. The molecule has 0 amide bonds. The Hall–Kier alpha value is -4.26. The number of nitrogens with two attached hydrogens (primary N) is 2. The first-order chi connectivity index (χ1) is 19.9. The van der Waals surface area contributed by atoms with Crippen LogP contribution >= 0.6 is 0 Å². The van der Waals surface area contributed by atoms with Gasteiger partial charge in [0.15, 0.2) is 0 Å². The van der Waals surface area contributed by atoms with E-state index in [9.17, 15) is 9.59 Å². The van der Waals surface area contributed by atoms with E-state index < -0.39 is 11.9 Å². The maximum absolute atomic E-state index is 12.2. The van der Waals surface area contributed by atoms with E-state index in [4.69, 9.17) is 25.7 Å². The molecule has 3 rings (SSSR count). The van der Waals surface area contributed by atoms with Crippen LogP contribution in [-0.4, -0.2) is 25.2 Å². The van der Waals surface area contributed by atoms with Crippen LogP contribution in [0, 0.1) is 0 Å². The van der Waals surface area contributed by atoms with Gasteiger partial charge in [0.25, 0.3) is 0 Å². The molecule has 0 saturated heterocycles. The number of unbranched alkanes of at least 4 members (excludes halogenated alkanes) is 6. The van der Waals surface area contributed by atoms with E-state index in [-0.39, 0.29) is 0 Å². The average molecular weight is 559 g/mol. The normalized spacial score (nSPS) is 11.0. The first-order valence-corrected chi connectivity index (χ1v) is 14.5. The zero-order valence-corrected chi connectivity index (χ0v) is 24.0. The van der Waals surface area contributed by atoms with E-state index in [0.29, 0.717) is 35.9 Å². The molecular formula is C34H42N2O5. The summed E-state index contributed by atoms with van der Waals surface area (Å²) >= 11 is 0. The number of benzene rings is 3. The van der Waals surface area contributed by atoms with Gasteiger partial charge in [-0.25, -0.2) is 9.59 Å². The molecule has 0 bridgehead atoms. The molecular weight excluding hydrogens is 516 g/mol. The third-order valence-electron chi connectivity index (χ3n) is 6.51. The van der Waals surface area contributed by atoms with Gasteiger partial charge in [0.05, 0.1) is 18.8 Å². The van der Waals surface area contributed by atoms with Gasteiger partial charge >= 0.3 is 11.9 Å². The molecule has 0 spiro atoms. The van der Waals surface area contributed by atoms with Crippen LogP contribution in [0.3, 0.4) is 0 Å². The van der Waals surface area contributed by atoms with Crippen LogP contribution in [0.4, 0.5) is 11.4 Å². The molecule has 218 valence electrons. The predicted octanol–water partition coefficient (Wildman–Crippen LogP) is 7.39. The van der Waals surface area contributed by atoms with E-state index in [1.54, 1.807) is 24.3 Å². The van der Waals surface area contributed by atoms with Crippen LogP contribution in [0.15, 0.2) is 72.8 Å². The van der Waals surface area contributed by atoms with Crippen LogP contribution < -0.4 is 20.9 Å². The number of ether oxygens (including phenoxy) is 3. The van der Waals surface area contributed by atoms with Crippen LogP contribution in [0.5, 0.6) is 11.5 Å². The lowest BCUT2D eigenvalue weighted by Crippen LogP contribution is -2.08. The number of hydrogen-bond acceptors (Lipinski definition) is 7. The number of aryl methyl sites for hydroxylation is 1. The van der Waals surface area contributed by atoms with Gasteiger partial charge in [0.2, 0.25) is 0 Å². The summed E-state index contributed by atoms with van der Waals surface area (Å²) in [6, 6.07) is 20.1. The lowest BCUT2D eigenvalue weighted by molar-refractivity contribution is -0.128. The summed E-state index contributed by atoms with van der Waals surface area (Å²) in [5.41, 5.74) is 14.8. The number of carbonyl (C=O) groups is 2. The number of nitrogen functional groups attached to an aromatic ring is 2. The molecule has 0 aliphatic carbocycles. The minimum atomic E-state index is -0.409. The van der Waals surface area contributed by atoms with Gasteiger partial charge in [-0.05, 0) is 85.4 Å². The molecule has 0 aliphatic heterocycles. The lowest BCUT2D eigenvalue weighted by atomic mass is 10.1. The van der Waals surface area contributed by atoms with E-state index in [1.165, 1.54) is 30.9 Å². The van der Waals surface area contributed by atoms with Crippen molar-refractivity contribution in [3.05, 3.63) is 89.5 Å². The summed E-state index contributed by atoms with van der Waals surface area (Å²) in [6.07, 6.45) is 12.6. The highest BCUT2D eigenvalue weighted by atomic mass is 16.5. The lowest BCUT2D eigenvalue weighted by Gasteiger charge is -2.08. The smallest absolute Gasteiger partial charge is 0.338 e. The van der Waals surface area contributed by atoms with Gasteiger partial charge < -0.3 is 25.7 Å². The van der Waals surface area contributed by atoms with Crippen molar-refractivity contribution in [2.24, 2.45) is 0 Å². The quantitative estimate of drug-likeness (QED) is 0.0584. The Morgan fingerprint density at radius 2 is 1.37 bits per heavy atom. The van der Waals surface area contributed by atoms with Crippen molar-refractivity contribution in [2.75, 3.05) is 24.7 Å². The fourth-order valence-corrected chi connectivity index (χ4v) is 4.26. The summed E-state index contributed by atoms with van der Waals surface area (Å²) in [5, 5.41) is 0. The molecule has 0 fully saturated rings. The SMILES string of the molecule is CCCCCc1ccc(OC(=O)C=Cc2ccc(OCCCCCCCOC(=O)c3cc(N)cc(N)c3)cc2)cc1. The molecule has 7 heteroatoms. The monoisotopic (exact) mass is 558 g/mol. The summed E-state index contributed by atoms with van der Waals surface area (Å²) in [4.78, 5) is 24.3. The van der Waals surface area contributed by atoms with Gasteiger partial charge in [-0.1, -0.05) is 63.3 Å². The fraction of sp³-hybridized carbons (Fsp3) is 0.353. The maximum atomic E-state index is 12.2. The molecule has 0 saturated carbocycles. The first-order valence-electron chi connectivity index (χ1n) is 14.5. The number of hydrogen-bond donors (Lipinski definition) is 2. The van der Waals surface area contributed by atoms with Gasteiger partial charge in [-0.2, -0.15) is 0 Å². The first kappa shape index (κ1) is 31.3. The Balaban J connectivity index is 1.24. The third-order valence-corrected chi connectivity index (χ3v) is 6.51. The second kappa shape index (κ2) is 17.4. The van der Waals surface area contributed by atoms with Gasteiger partial charge in [0, 0.05) is 17.5 Å². The molecule has 3 aromatic carbocycles. The van der Waals surface area contributed by atoms with Gasteiger partial charge in [-0.3, -0.25) is 0 Å². The number of carbonyl (C=O) groups excluding carboxylic acids is 2. The number of esters is 2. The van der Waals surface area contributed by atoms with Crippen molar-refractivity contribution >= 4 is 29.4 Å². The Morgan fingerprint density at radius 3 is 2.05 bits per heavy atom. The molecule has 0 radical (unpaired) electrons. The fourth-order valence-electron chi connectivity index (χ4n) is 4.26. The van der Waals surface area contributed by atoms with Gasteiger partial charge in [-0.15, -0.1) is 0 Å². The largest absolute Gasteiger partial charge is 0.494 e. The second-order valence-corrected chi connectivity index (χ2v) is 10.1. The highest BCUT2D eigenvalue weighted by molar-refractivity contribution is 5.91. The van der Waals surface area contributed by atoms with Crippen molar-refractivity contribution in [1.29, 1.82) is 0 Å². The van der Waals surface area contributed by atoms with Crippen LogP contribution in [0.1, 0.15) is 79.8 Å². The summed E-state index contributed by atoms with van der Waals surface area (Å²) in [7, 11) is 0. The average Bonchev–Trinajstić information content (AvgIpc) is 2.96. The third kappa shape index (κ3) is 12.2. The standard InChI is InChI=1S/C34H42N2O5/c1-2-3-7-10-26-13-18-32(19-14-26)41-33(37)20-15-27-11-16-31(17-12-27)39-21-8-5-4-6-9-22-40-34(38)28-23-29(35)25-30(36)24-28/h11-20,23-25H,2-10,21-22,35-36H2,1H3. The number of anilines is 2. The zero-order chi connectivity index (χ0) is 29.3. The molecule has 0 aromatic heterocycles. The van der Waals surface area contributed by atoms with Crippen molar-refractivity contribution in [3.8, 4) is 11.5 Å². The molecule has 0 atom stereocenters. The Labute approximate surface area is 243 Å². The molecule has 7 nitrogen and oxygen atoms in total. The Kier molecular flexibility index (Phi) is 13.3. The zero-order valence-electron chi connectivity index (χ0n) is 24.0. The molecule has 0 heterocycles. The van der Waals surface area contributed by atoms with Gasteiger partial charge in [0.1, 0.15) is 11.5 Å². The molecule has 41 heavy (non-hydrogen) atoms. The van der Waals surface area contributed by atoms with E-state index in [2.05, 4.69) is 6.92 Å². The summed E-state index contributed by atoms with van der Waals surface area (Å²) in [5.74, 6) is 0.523. The predicted molar refractivity (Wildman–Crippen MR) is 165 cm³/mol. The Morgan fingerprint density at radius 1 is 0.732 bits per heavy atom. The van der Waals surface area contributed by atoms with E-state index >= 15 is 0 Å².